The molecule has 0 spiro atoms. The molecule has 3 nitrogen and oxygen atoms in total. The zero-order valence-corrected chi connectivity index (χ0v) is 14.2. The average molecular weight is 294 g/mol. The van der Waals surface area contributed by atoms with Gasteiger partial charge in [-0.05, 0) is 63.2 Å². The average Bonchev–Trinajstić information content (AvgIpc) is 2.22. The molecule has 4 aliphatic carbocycles. The maximum Gasteiger partial charge on any atom is 0.312 e. The van der Waals surface area contributed by atoms with Gasteiger partial charge < -0.3 is 9.84 Å². The van der Waals surface area contributed by atoms with E-state index in [2.05, 4.69) is 20.8 Å². The van der Waals surface area contributed by atoms with Crippen molar-refractivity contribution in [2.45, 2.75) is 84.3 Å². The van der Waals surface area contributed by atoms with Gasteiger partial charge in [-0.25, -0.2) is 0 Å². The molecule has 0 heterocycles. The van der Waals surface area contributed by atoms with Crippen LogP contribution in [-0.4, -0.2) is 22.3 Å². The second-order valence-corrected chi connectivity index (χ2v) is 9.63. The van der Waals surface area contributed by atoms with E-state index in [0.717, 1.165) is 25.7 Å². The molecule has 4 fully saturated rings. The van der Waals surface area contributed by atoms with Crippen LogP contribution in [0, 0.1) is 22.7 Å². The minimum atomic E-state index is -0.573. The summed E-state index contributed by atoms with van der Waals surface area (Å²) < 4.78 is 6.11. The largest absolute Gasteiger partial charge is 0.459 e. The van der Waals surface area contributed by atoms with Crippen LogP contribution in [-0.2, 0) is 9.53 Å². The lowest BCUT2D eigenvalue weighted by Gasteiger charge is -2.59. The van der Waals surface area contributed by atoms with Crippen molar-refractivity contribution < 1.29 is 14.6 Å². The second kappa shape index (κ2) is 4.24. The van der Waals surface area contributed by atoms with Gasteiger partial charge in [0.15, 0.2) is 0 Å². The molecule has 4 aliphatic rings. The van der Waals surface area contributed by atoms with Crippen LogP contribution in [0.25, 0.3) is 0 Å². The van der Waals surface area contributed by atoms with Crippen molar-refractivity contribution in [2.24, 2.45) is 22.7 Å². The summed E-state index contributed by atoms with van der Waals surface area (Å²) in [6.45, 7) is 10.2. The molecule has 3 heteroatoms. The Kier molecular flexibility index (Phi) is 3.10. The minimum Gasteiger partial charge on any atom is -0.459 e. The van der Waals surface area contributed by atoms with Gasteiger partial charge in [0.2, 0.25) is 0 Å². The summed E-state index contributed by atoms with van der Waals surface area (Å²) in [5.41, 5.74) is -1.61. The Bertz CT molecular complexity index is 444. The molecule has 4 saturated carbocycles. The molecule has 0 aromatic rings. The predicted octanol–water partition coefficient (Wildman–Crippen LogP) is 3.69. The van der Waals surface area contributed by atoms with Crippen LogP contribution in [0.5, 0.6) is 0 Å². The highest BCUT2D eigenvalue weighted by molar-refractivity contribution is 5.77. The number of hydrogen-bond donors (Lipinski definition) is 1. The third-order valence-corrected chi connectivity index (χ3v) is 6.67. The normalized spacial score (nSPS) is 42.2. The molecule has 4 bridgehead atoms. The van der Waals surface area contributed by atoms with Crippen LogP contribution in [0.3, 0.4) is 0 Å². The molecule has 0 aliphatic heterocycles. The van der Waals surface area contributed by atoms with E-state index in [1.54, 1.807) is 0 Å². The van der Waals surface area contributed by atoms with Gasteiger partial charge in [0.25, 0.3) is 0 Å². The van der Waals surface area contributed by atoms with E-state index in [9.17, 15) is 9.90 Å². The summed E-state index contributed by atoms with van der Waals surface area (Å²) in [4.78, 5) is 12.8. The van der Waals surface area contributed by atoms with Gasteiger partial charge in [0, 0.05) is 6.42 Å². The van der Waals surface area contributed by atoms with Crippen molar-refractivity contribution in [3.05, 3.63) is 0 Å². The molecule has 0 radical (unpaired) electrons. The van der Waals surface area contributed by atoms with Gasteiger partial charge in [-0.3, -0.25) is 4.79 Å². The highest BCUT2D eigenvalue weighted by atomic mass is 16.6. The van der Waals surface area contributed by atoms with E-state index in [1.807, 2.05) is 13.8 Å². The Hall–Kier alpha value is -0.570. The van der Waals surface area contributed by atoms with Gasteiger partial charge in [-0.2, -0.15) is 0 Å². The van der Waals surface area contributed by atoms with Crippen molar-refractivity contribution in [1.29, 1.82) is 0 Å². The molecule has 0 aromatic heterocycles. The fourth-order valence-electron chi connectivity index (χ4n) is 4.88. The number of carbonyl (C=O) groups is 1. The first kappa shape index (κ1) is 15.3. The summed E-state index contributed by atoms with van der Waals surface area (Å²) in [6, 6.07) is 0. The van der Waals surface area contributed by atoms with Crippen LogP contribution in [0.2, 0.25) is 0 Å². The number of rotatable bonds is 2. The van der Waals surface area contributed by atoms with Gasteiger partial charge in [-0.15, -0.1) is 0 Å². The van der Waals surface area contributed by atoms with E-state index in [0.29, 0.717) is 18.3 Å². The summed E-state index contributed by atoms with van der Waals surface area (Å²) in [5.74, 6) is 0.990. The summed E-state index contributed by atoms with van der Waals surface area (Å²) in [7, 11) is 0. The molecule has 120 valence electrons. The van der Waals surface area contributed by atoms with E-state index >= 15 is 0 Å². The summed E-state index contributed by atoms with van der Waals surface area (Å²) in [5, 5.41) is 10.8. The van der Waals surface area contributed by atoms with Gasteiger partial charge in [0.1, 0.15) is 5.60 Å². The van der Waals surface area contributed by atoms with Crippen molar-refractivity contribution in [2.75, 3.05) is 0 Å². The second-order valence-electron chi connectivity index (χ2n) is 9.63. The van der Waals surface area contributed by atoms with Crippen molar-refractivity contribution in [3.8, 4) is 0 Å². The lowest BCUT2D eigenvalue weighted by atomic mass is 9.52. The van der Waals surface area contributed by atoms with E-state index in [1.165, 1.54) is 6.42 Å². The fourth-order valence-corrected chi connectivity index (χ4v) is 4.88. The molecule has 0 saturated heterocycles. The monoisotopic (exact) mass is 294 g/mol. The predicted molar refractivity (Wildman–Crippen MR) is 81.7 cm³/mol. The third kappa shape index (κ3) is 2.42. The van der Waals surface area contributed by atoms with Crippen LogP contribution >= 0.6 is 0 Å². The topological polar surface area (TPSA) is 46.5 Å². The quantitative estimate of drug-likeness (QED) is 0.790. The Balaban J connectivity index is 1.80. The highest BCUT2D eigenvalue weighted by Crippen LogP contribution is 2.59. The number of hydrogen-bond acceptors (Lipinski definition) is 3. The van der Waals surface area contributed by atoms with Crippen molar-refractivity contribution >= 4 is 5.97 Å². The lowest BCUT2D eigenvalue weighted by Crippen LogP contribution is -2.61. The first-order valence-electron chi connectivity index (χ1n) is 8.41. The molecule has 2 atom stereocenters. The maximum atomic E-state index is 12.8. The van der Waals surface area contributed by atoms with Crippen molar-refractivity contribution in [3.63, 3.8) is 0 Å². The standard InChI is InChI=1S/C18H30O3/c1-15(2,3)16(4,5)14(19)21-18-9-12-6-13(10-18)8-17(20,7-12)11-18/h12-13,20H,6-11H2,1-5H3. The molecular weight excluding hydrogens is 264 g/mol. The zero-order chi connectivity index (χ0) is 15.7. The molecule has 1 N–H and O–H groups in total. The first-order valence-corrected chi connectivity index (χ1v) is 8.41. The number of carbonyl (C=O) groups excluding carboxylic acids is 1. The van der Waals surface area contributed by atoms with Gasteiger partial charge in [-0.1, -0.05) is 20.8 Å². The van der Waals surface area contributed by atoms with Crippen LogP contribution in [0.4, 0.5) is 0 Å². The Morgan fingerprint density at radius 2 is 1.57 bits per heavy atom. The third-order valence-electron chi connectivity index (χ3n) is 6.67. The van der Waals surface area contributed by atoms with Gasteiger partial charge in [0.05, 0.1) is 11.0 Å². The van der Waals surface area contributed by atoms with Gasteiger partial charge >= 0.3 is 5.97 Å². The Morgan fingerprint density at radius 1 is 1.05 bits per heavy atom. The zero-order valence-electron chi connectivity index (χ0n) is 14.2. The summed E-state index contributed by atoms with van der Waals surface area (Å²) >= 11 is 0. The smallest absolute Gasteiger partial charge is 0.312 e. The SMILES string of the molecule is CC(C)(C)C(C)(C)C(=O)OC12CC3CC(CC(O)(C3)C1)C2. The van der Waals surface area contributed by atoms with Crippen LogP contribution < -0.4 is 0 Å². The Morgan fingerprint density at radius 3 is 2.00 bits per heavy atom. The molecular formula is C18H30O3. The molecule has 0 amide bonds. The maximum absolute atomic E-state index is 12.8. The van der Waals surface area contributed by atoms with E-state index in [4.69, 9.17) is 4.74 Å². The molecule has 0 aromatic carbocycles. The first-order chi connectivity index (χ1) is 9.45. The molecule has 21 heavy (non-hydrogen) atoms. The number of esters is 1. The number of aliphatic hydroxyl groups is 1. The van der Waals surface area contributed by atoms with Crippen LogP contribution in [0.1, 0.15) is 73.1 Å². The van der Waals surface area contributed by atoms with Crippen LogP contribution in [0.15, 0.2) is 0 Å². The van der Waals surface area contributed by atoms with Crippen molar-refractivity contribution in [1.82, 2.24) is 0 Å². The molecule has 2 unspecified atom stereocenters. The minimum absolute atomic E-state index is 0.0967. The fraction of sp³-hybridized carbons (Fsp3) is 0.944. The summed E-state index contributed by atoms with van der Waals surface area (Å²) in [6.07, 6.45) is 5.59. The lowest BCUT2D eigenvalue weighted by molar-refractivity contribution is -0.228. The number of ether oxygens (including phenoxy) is 1. The van der Waals surface area contributed by atoms with E-state index < -0.39 is 16.6 Å². The molecule has 4 rings (SSSR count). The van der Waals surface area contributed by atoms with E-state index in [-0.39, 0.29) is 11.4 Å². The Labute approximate surface area is 128 Å². The highest BCUT2D eigenvalue weighted by Gasteiger charge is 2.60.